The van der Waals surface area contributed by atoms with Crippen LogP contribution in [-0.4, -0.2) is 37.5 Å². The molecule has 132 valence electrons. The molecule has 0 aromatic carbocycles. The van der Waals surface area contributed by atoms with Gasteiger partial charge in [-0.3, -0.25) is 4.79 Å². The summed E-state index contributed by atoms with van der Waals surface area (Å²) >= 11 is 4.12. The van der Waals surface area contributed by atoms with Crippen LogP contribution < -0.4 is 0 Å². The molecule has 1 N–H and O–H groups in total. The van der Waals surface area contributed by atoms with Crippen LogP contribution in [0.4, 0.5) is 0 Å². The molecule has 1 atom stereocenters. The first-order valence-electron chi connectivity index (χ1n) is 9.07. The summed E-state index contributed by atoms with van der Waals surface area (Å²) in [5, 5.41) is 8.08. The second-order valence-corrected chi connectivity index (χ2v) is 11.2. The molecule has 4 heteroatoms. The fourth-order valence-electron chi connectivity index (χ4n) is 1.92. The zero-order chi connectivity index (χ0) is 17.2. The van der Waals surface area contributed by atoms with Crippen LogP contribution in [0.3, 0.4) is 0 Å². The Hall–Kier alpha value is 0.619. The standard InChI is InChI=1S/C10H20O2S.2C4H9.Sn/c1-8(2)6-4-3-5-7-9(13)10(11)12;2*1-3-4-2;/h8-9,13H,3-7H2,1-2H3,(H,11,12);2*1,3-4H2,2H3;. The molecule has 0 aromatic rings. The van der Waals surface area contributed by atoms with Crippen molar-refractivity contribution in [3.63, 3.8) is 0 Å². The molecule has 0 saturated heterocycles. The van der Waals surface area contributed by atoms with Gasteiger partial charge < -0.3 is 5.11 Å². The predicted molar refractivity (Wildman–Crippen MR) is 104 cm³/mol. The summed E-state index contributed by atoms with van der Waals surface area (Å²) in [7, 11) is 0. The number of hydrogen-bond acceptors (Lipinski definition) is 2. The molecule has 0 fully saturated rings. The van der Waals surface area contributed by atoms with Crippen LogP contribution >= 0.6 is 12.6 Å². The van der Waals surface area contributed by atoms with Crippen molar-refractivity contribution in [3.8, 4) is 0 Å². The Kier molecular flexibility index (Phi) is 22.2. The van der Waals surface area contributed by atoms with Crippen molar-refractivity contribution in [2.45, 2.75) is 99.6 Å². The Balaban J connectivity index is 0. The van der Waals surface area contributed by atoms with Crippen LogP contribution in [0.1, 0.15) is 85.5 Å². The average molecular weight is 437 g/mol. The molecule has 0 bridgehead atoms. The number of rotatable bonds is 13. The van der Waals surface area contributed by atoms with E-state index in [9.17, 15) is 4.79 Å². The van der Waals surface area contributed by atoms with Crippen molar-refractivity contribution >= 4 is 39.7 Å². The first kappa shape index (κ1) is 24.9. The summed E-state index contributed by atoms with van der Waals surface area (Å²) in [6.07, 6.45) is 11.1. The number of carbonyl (C=O) groups is 1. The van der Waals surface area contributed by atoms with Gasteiger partial charge in [0.05, 0.1) is 5.25 Å². The molecule has 0 aromatic heterocycles. The van der Waals surface area contributed by atoms with Gasteiger partial charge in [-0.2, -0.15) is 12.6 Å². The SMILES string of the molecule is CC(C)CCCCCC(S)C(=O)O.CCC[CH2][Sn][CH2]CCC. The molecule has 1 unspecified atom stereocenters. The minimum absolute atomic E-state index is 0.149. The number of carboxylic acids is 1. The normalized spacial score (nSPS) is 11.9. The quantitative estimate of drug-likeness (QED) is 0.208. The summed E-state index contributed by atoms with van der Waals surface area (Å²) in [5.74, 6) is -0.0431. The Labute approximate surface area is 154 Å². The molecule has 0 spiro atoms. The summed E-state index contributed by atoms with van der Waals surface area (Å²) in [6, 6.07) is 0. The third-order valence-electron chi connectivity index (χ3n) is 3.46. The summed E-state index contributed by atoms with van der Waals surface area (Å²) < 4.78 is 3.25. The number of unbranched alkanes of at least 4 members (excludes halogenated alkanes) is 4. The fourth-order valence-corrected chi connectivity index (χ4v) is 6.26. The monoisotopic (exact) mass is 438 g/mol. The van der Waals surface area contributed by atoms with Gasteiger partial charge in [-0.25, -0.2) is 0 Å². The summed E-state index contributed by atoms with van der Waals surface area (Å²) in [6.45, 7) is 9.00. The molecule has 0 saturated carbocycles. The van der Waals surface area contributed by atoms with Crippen molar-refractivity contribution in [1.29, 1.82) is 0 Å². The zero-order valence-electron chi connectivity index (χ0n) is 15.2. The van der Waals surface area contributed by atoms with E-state index in [2.05, 4.69) is 40.3 Å². The van der Waals surface area contributed by atoms with Gasteiger partial charge in [0, 0.05) is 0 Å². The zero-order valence-corrected chi connectivity index (χ0v) is 19.0. The second kappa shape index (κ2) is 19.7. The molecule has 0 aliphatic heterocycles. The van der Waals surface area contributed by atoms with Crippen LogP contribution in [-0.2, 0) is 4.79 Å². The van der Waals surface area contributed by atoms with E-state index in [-0.39, 0.29) is 21.1 Å². The van der Waals surface area contributed by atoms with E-state index in [0.29, 0.717) is 6.42 Å². The van der Waals surface area contributed by atoms with Crippen molar-refractivity contribution in [1.82, 2.24) is 0 Å². The molecule has 0 amide bonds. The number of carboxylic acid groups (broad SMARTS) is 1. The second-order valence-electron chi connectivity index (χ2n) is 6.34. The van der Waals surface area contributed by atoms with E-state index in [4.69, 9.17) is 5.11 Å². The summed E-state index contributed by atoms with van der Waals surface area (Å²) in [4.78, 5) is 10.4. The minimum atomic E-state index is -0.799. The Morgan fingerprint density at radius 1 is 0.955 bits per heavy atom. The van der Waals surface area contributed by atoms with Gasteiger partial charge >= 0.3 is 75.5 Å². The van der Waals surface area contributed by atoms with Crippen LogP contribution in [0.15, 0.2) is 0 Å². The molecule has 22 heavy (non-hydrogen) atoms. The van der Waals surface area contributed by atoms with Crippen molar-refractivity contribution in [2.75, 3.05) is 0 Å². The van der Waals surface area contributed by atoms with Crippen molar-refractivity contribution in [2.24, 2.45) is 5.92 Å². The van der Waals surface area contributed by atoms with E-state index < -0.39 is 11.2 Å². The van der Waals surface area contributed by atoms with Gasteiger partial charge in [0.1, 0.15) is 0 Å². The molecule has 0 heterocycles. The first-order valence-corrected chi connectivity index (χ1v) is 13.6. The van der Waals surface area contributed by atoms with E-state index in [1.165, 1.54) is 38.5 Å². The Morgan fingerprint density at radius 3 is 1.86 bits per heavy atom. The van der Waals surface area contributed by atoms with Gasteiger partial charge in [-0.15, -0.1) is 0 Å². The molecule has 0 rings (SSSR count). The molecule has 0 aliphatic rings. The summed E-state index contributed by atoms with van der Waals surface area (Å²) in [5.41, 5.74) is 0. The Bertz CT molecular complexity index is 229. The van der Waals surface area contributed by atoms with Crippen molar-refractivity contribution < 1.29 is 9.90 Å². The van der Waals surface area contributed by atoms with Crippen LogP contribution in [0, 0.1) is 5.92 Å². The van der Waals surface area contributed by atoms with E-state index in [1.807, 2.05) is 0 Å². The maximum absolute atomic E-state index is 10.4. The molecular formula is C18H38O2SSn. The average Bonchev–Trinajstić information content (AvgIpc) is 2.47. The molecule has 0 aliphatic carbocycles. The van der Waals surface area contributed by atoms with Crippen LogP contribution in [0.2, 0.25) is 8.87 Å². The maximum atomic E-state index is 10.4. The number of aliphatic carboxylic acids is 1. The van der Waals surface area contributed by atoms with Crippen LogP contribution in [0.5, 0.6) is 0 Å². The topological polar surface area (TPSA) is 37.3 Å². The Morgan fingerprint density at radius 2 is 1.45 bits per heavy atom. The van der Waals surface area contributed by atoms with Gasteiger partial charge in [-0.1, -0.05) is 39.5 Å². The van der Waals surface area contributed by atoms with E-state index in [1.54, 1.807) is 8.87 Å². The fraction of sp³-hybridized carbons (Fsp3) is 0.944. The number of thiol groups is 1. The van der Waals surface area contributed by atoms with E-state index in [0.717, 1.165) is 18.8 Å². The van der Waals surface area contributed by atoms with Gasteiger partial charge in [0.15, 0.2) is 0 Å². The van der Waals surface area contributed by atoms with Crippen LogP contribution in [0.25, 0.3) is 0 Å². The molecule has 2 nitrogen and oxygen atoms in total. The van der Waals surface area contributed by atoms with Crippen molar-refractivity contribution in [3.05, 3.63) is 0 Å². The predicted octanol–water partition coefficient (Wildman–Crippen LogP) is 6.10. The molecular weight excluding hydrogens is 399 g/mol. The molecule has 2 radical (unpaired) electrons. The third-order valence-corrected chi connectivity index (χ3v) is 7.97. The number of hydrogen-bond donors (Lipinski definition) is 2. The van der Waals surface area contributed by atoms with Gasteiger partial charge in [0.2, 0.25) is 0 Å². The van der Waals surface area contributed by atoms with Gasteiger partial charge in [-0.05, 0) is 12.3 Å². The first-order chi connectivity index (χ1) is 10.5. The van der Waals surface area contributed by atoms with E-state index >= 15 is 0 Å². The van der Waals surface area contributed by atoms with Gasteiger partial charge in [0.25, 0.3) is 0 Å². The third kappa shape index (κ3) is 22.9.